The Kier molecular flexibility index (Phi) is 7.36. The molecule has 116 valence electrons. The average Bonchev–Trinajstić information content (AvgIpc) is 2.64. The van der Waals surface area contributed by atoms with Crippen molar-refractivity contribution in [2.45, 2.75) is 13.8 Å². The first-order valence-corrected chi connectivity index (χ1v) is 9.02. The molecule has 1 heterocycles. The molecule has 8 heteroatoms. The lowest BCUT2D eigenvalue weighted by atomic mass is 10.2. The third-order valence-corrected chi connectivity index (χ3v) is 4.84. The van der Waals surface area contributed by atoms with Crippen molar-refractivity contribution in [1.82, 2.24) is 10.2 Å². The van der Waals surface area contributed by atoms with Crippen LogP contribution < -0.4 is 5.32 Å². The molecule has 3 amide bonds. The van der Waals surface area contributed by atoms with E-state index in [1.54, 1.807) is 13.8 Å². The van der Waals surface area contributed by atoms with Crippen LogP contribution in [0.4, 0.5) is 0 Å². The standard InChI is InChI=1S/C13H17IN2O4S/c1-8-9(2)13(20)16(12(8)19)4-3-15-11(18)7-21-6-10(17)5-14/h3-7H2,1-2H3,(H,15,18). The van der Waals surface area contributed by atoms with E-state index in [-0.39, 0.29) is 42.3 Å². The van der Waals surface area contributed by atoms with Crippen LogP contribution in [0.5, 0.6) is 0 Å². The predicted octanol–water partition coefficient (Wildman–Crippen LogP) is 0.545. The molecule has 1 aliphatic rings. The van der Waals surface area contributed by atoms with Gasteiger partial charge in [0.2, 0.25) is 5.91 Å². The fourth-order valence-corrected chi connectivity index (χ4v) is 3.03. The fourth-order valence-electron chi connectivity index (χ4n) is 1.68. The van der Waals surface area contributed by atoms with Gasteiger partial charge in [-0.2, -0.15) is 0 Å². The van der Waals surface area contributed by atoms with Crippen molar-refractivity contribution in [3.8, 4) is 0 Å². The topological polar surface area (TPSA) is 83.6 Å². The molecular weight excluding hydrogens is 407 g/mol. The van der Waals surface area contributed by atoms with Crippen LogP contribution in [0.1, 0.15) is 13.8 Å². The molecule has 0 radical (unpaired) electrons. The maximum absolute atomic E-state index is 11.8. The molecule has 0 aromatic rings. The number of nitrogens with one attached hydrogen (secondary N) is 1. The third kappa shape index (κ3) is 5.10. The van der Waals surface area contributed by atoms with Crippen LogP contribution in [0.25, 0.3) is 0 Å². The Morgan fingerprint density at radius 2 is 1.71 bits per heavy atom. The van der Waals surface area contributed by atoms with Crippen molar-refractivity contribution in [3.05, 3.63) is 11.1 Å². The van der Waals surface area contributed by atoms with Crippen molar-refractivity contribution >= 4 is 57.9 Å². The summed E-state index contributed by atoms with van der Waals surface area (Å²) in [4.78, 5) is 47.3. The highest BCUT2D eigenvalue weighted by atomic mass is 127. The maximum Gasteiger partial charge on any atom is 0.256 e. The Balaban J connectivity index is 2.26. The minimum Gasteiger partial charge on any atom is -0.354 e. The Labute approximate surface area is 141 Å². The molecule has 0 bridgehead atoms. The summed E-state index contributed by atoms with van der Waals surface area (Å²) in [6.45, 7) is 3.62. The van der Waals surface area contributed by atoms with Gasteiger partial charge >= 0.3 is 0 Å². The Bertz CT molecular complexity index is 480. The van der Waals surface area contributed by atoms with Crippen LogP contribution >= 0.6 is 34.4 Å². The fraction of sp³-hybridized carbons (Fsp3) is 0.538. The number of nitrogens with zero attached hydrogens (tertiary/aromatic N) is 1. The van der Waals surface area contributed by atoms with Gasteiger partial charge < -0.3 is 5.32 Å². The smallest absolute Gasteiger partial charge is 0.256 e. The number of hydrogen-bond acceptors (Lipinski definition) is 5. The molecule has 0 aromatic heterocycles. The molecule has 21 heavy (non-hydrogen) atoms. The van der Waals surface area contributed by atoms with Crippen molar-refractivity contribution < 1.29 is 19.2 Å². The summed E-state index contributed by atoms with van der Waals surface area (Å²) >= 11 is 3.24. The summed E-state index contributed by atoms with van der Waals surface area (Å²) in [5.41, 5.74) is 0.915. The van der Waals surface area contributed by atoms with Crippen LogP contribution in [-0.2, 0) is 19.2 Å². The second-order valence-electron chi connectivity index (χ2n) is 4.53. The number of carbonyl (C=O) groups is 4. The van der Waals surface area contributed by atoms with Crippen molar-refractivity contribution in [1.29, 1.82) is 0 Å². The minimum atomic E-state index is -0.297. The van der Waals surface area contributed by atoms with E-state index in [1.165, 1.54) is 11.8 Å². The van der Waals surface area contributed by atoms with Gasteiger partial charge in [0.05, 0.1) is 15.9 Å². The minimum absolute atomic E-state index is 0.0960. The van der Waals surface area contributed by atoms with Crippen LogP contribution in [0.15, 0.2) is 11.1 Å². The first-order valence-electron chi connectivity index (χ1n) is 6.34. The van der Waals surface area contributed by atoms with E-state index in [0.717, 1.165) is 4.90 Å². The number of imide groups is 1. The largest absolute Gasteiger partial charge is 0.354 e. The van der Waals surface area contributed by atoms with E-state index in [2.05, 4.69) is 5.32 Å². The number of rotatable bonds is 8. The molecule has 1 N–H and O–H groups in total. The number of hydrogen-bond donors (Lipinski definition) is 1. The second kappa shape index (κ2) is 8.52. The first-order chi connectivity index (χ1) is 9.88. The molecule has 0 fully saturated rings. The normalized spacial score (nSPS) is 14.9. The molecule has 0 unspecified atom stereocenters. The zero-order valence-electron chi connectivity index (χ0n) is 11.9. The number of thioether (sulfide) groups is 1. The molecule has 1 aliphatic heterocycles. The number of halogens is 1. The molecule has 0 aromatic carbocycles. The summed E-state index contributed by atoms with van der Waals surface area (Å²) in [6.07, 6.45) is 0. The Morgan fingerprint density at radius 1 is 1.14 bits per heavy atom. The average molecular weight is 424 g/mol. The number of alkyl halides is 1. The lowest BCUT2D eigenvalue weighted by Gasteiger charge is -2.15. The van der Waals surface area contributed by atoms with Crippen molar-refractivity contribution in [3.63, 3.8) is 0 Å². The van der Waals surface area contributed by atoms with Gasteiger partial charge in [-0.3, -0.25) is 24.1 Å². The highest BCUT2D eigenvalue weighted by Gasteiger charge is 2.32. The monoisotopic (exact) mass is 424 g/mol. The lowest BCUT2D eigenvalue weighted by Crippen LogP contribution is -2.39. The van der Waals surface area contributed by atoms with Gasteiger partial charge in [-0.15, -0.1) is 11.8 Å². The summed E-state index contributed by atoms with van der Waals surface area (Å²) < 4.78 is 0.442. The van der Waals surface area contributed by atoms with E-state index in [1.807, 2.05) is 22.6 Å². The number of Topliss-reactive ketones (excluding diaryl/α,β-unsaturated/α-hetero) is 1. The van der Waals surface area contributed by atoms with E-state index in [4.69, 9.17) is 0 Å². The molecule has 6 nitrogen and oxygen atoms in total. The van der Waals surface area contributed by atoms with Crippen LogP contribution in [0.2, 0.25) is 0 Å². The summed E-state index contributed by atoms with van der Waals surface area (Å²) in [7, 11) is 0. The molecule has 0 atom stereocenters. The first kappa shape index (κ1) is 18.1. The Morgan fingerprint density at radius 3 is 2.24 bits per heavy atom. The summed E-state index contributed by atoms with van der Waals surface area (Å²) in [5.74, 6) is -0.189. The van der Waals surface area contributed by atoms with Gasteiger partial charge in [-0.05, 0) is 13.8 Å². The van der Waals surface area contributed by atoms with Gasteiger partial charge in [0.1, 0.15) is 0 Å². The van der Waals surface area contributed by atoms with Crippen molar-refractivity contribution in [2.24, 2.45) is 0 Å². The summed E-state index contributed by atoms with van der Waals surface area (Å²) in [6, 6.07) is 0. The third-order valence-electron chi connectivity index (χ3n) is 3.00. The van der Waals surface area contributed by atoms with Crippen LogP contribution in [-0.4, -0.2) is 57.4 Å². The molecule has 0 aliphatic carbocycles. The van der Waals surface area contributed by atoms with Crippen molar-refractivity contribution in [2.75, 3.05) is 29.0 Å². The number of carbonyl (C=O) groups excluding carboxylic acids is 4. The van der Waals surface area contributed by atoms with Gasteiger partial charge in [-0.25, -0.2) is 0 Å². The zero-order valence-corrected chi connectivity index (χ0v) is 14.9. The quantitative estimate of drug-likeness (QED) is 0.350. The molecule has 1 rings (SSSR count). The highest BCUT2D eigenvalue weighted by Crippen LogP contribution is 2.18. The van der Waals surface area contributed by atoms with E-state index >= 15 is 0 Å². The number of amides is 3. The molecular formula is C13H17IN2O4S. The SMILES string of the molecule is CC1=C(C)C(=O)N(CCNC(=O)CSCC(=O)CI)C1=O. The zero-order chi connectivity index (χ0) is 16.0. The van der Waals surface area contributed by atoms with E-state index < -0.39 is 0 Å². The summed E-state index contributed by atoms with van der Waals surface area (Å²) in [5, 5.41) is 2.63. The molecule has 0 saturated carbocycles. The predicted molar refractivity (Wildman–Crippen MR) is 89.3 cm³/mol. The molecule has 0 spiro atoms. The lowest BCUT2D eigenvalue weighted by molar-refractivity contribution is -0.138. The van der Waals surface area contributed by atoms with Gasteiger partial charge in [0, 0.05) is 24.2 Å². The van der Waals surface area contributed by atoms with Crippen LogP contribution in [0, 0.1) is 0 Å². The molecule has 0 saturated heterocycles. The maximum atomic E-state index is 11.8. The Hall–Kier alpha value is -0.900. The van der Waals surface area contributed by atoms with Gasteiger partial charge in [-0.1, -0.05) is 22.6 Å². The highest BCUT2D eigenvalue weighted by molar-refractivity contribution is 14.1. The van der Waals surface area contributed by atoms with E-state index in [0.29, 0.717) is 21.3 Å². The van der Waals surface area contributed by atoms with Gasteiger partial charge in [0.25, 0.3) is 11.8 Å². The van der Waals surface area contributed by atoms with Gasteiger partial charge in [0.15, 0.2) is 5.78 Å². The van der Waals surface area contributed by atoms with Crippen LogP contribution in [0.3, 0.4) is 0 Å². The second-order valence-corrected chi connectivity index (χ2v) is 6.28. The van der Waals surface area contributed by atoms with E-state index in [9.17, 15) is 19.2 Å². The number of ketones is 1.